The number of thiazole rings is 1. The Morgan fingerprint density at radius 2 is 2.28 bits per heavy atom. The molecule has 0 fully saturated rings. The number of nitrogens with one attached hydrogen (secondary N) is 1. The van der Waals surface area contributed by atoms with E-state index in [0.717, 1.165) is 5.01 Å². The molecule has 18 heavy (non-hydrogen) atoms. The van der Waals surface area contributed by atoms with Crippen molar-refractivity contribution in [3.05, 3.63) is 16.6 Å². The summed E-state index contributed by atoms with van der Waals surface area (Å²) < 4.78 is 0. The second-order valence-corrected chi connectivity index (χ2v) is 5.17. The standard InChI is InChI=1S/C12H18N2O3S/c1-3-8(2)11(12(16)17)14-9(15)4-5-10-13-6-7-18-10/h6-8,11H,3-5H2,1-2H3,(H,14,15)(H,16,17)/t8-,11-/m0/s1. The van der Waals surface area contributed by atoms with E-state index in [1.54, 1.807) is 6.20 Å². The third kappa shape index (κ3) is 4.44. The SMILES string of the molecule is CC[C@H](C)[C@H](NC(=O)CCc1nccs1)C(=O)O. The summed E-state index contributed by atoms with van der Waals surface area (Å²) in [5.74, 6) is -1.30. The van der Waals surface area contributed by atoms with E-state index in [4.69, 9.17) is 5.11 Å². The van der Waals surface area contributed by atoms with Crippen LogP contribution >= 0.6 is 11.3 Å². The molecule has 1 aromatic heterocycles. The molecule has 1 amide bonds. The molecule has 100 valence electrons. The van der Waals surface area contributed by atoms with Gasteiger partial charge in [-0.15, -0.1) is 11.3 Å². The fourth-order valence-electron chi connectivity index (χ4n) is 1.53. The predicted octanol–water partition coefficient (Wildman–Crippen LogP) is 1.69. The van der Waals surface area contributed by atoms with Gasteiger partial charge in [0.25, 0.3) is 0 Å². The van der Waals surface area contributed by atoms with Crippen LogP contribution in [0.2, 0.25) is 0 Å². The Labute approximate surface area is 110 Å². The van der Waals surface area contributed by atoms with E-state index in [9.17, 15) is 9.59 Å². The summed E-state index contributed by atoms with van der Waals surface area (Å²) in [7, 11) is 0. The normalized spacial score (nSPS) is 13.9. The molecule has 1 rings (SSSR count). The quantitative estimate of drug-likeness (QED) is 0.790. The van der Waals surface area contributed by atoms with Crippen molar-refractivity contribution in [3.8, 4) is 0 Å². The number of aromatic nitrogens is 1. The summed E-state index contributed by atoms with van der Waals surface area (Å²) in [6.07, 6.45) is 3.23. The van der Waals surface area contributed by atoms with E-state index in [0.29, 0.717) is 12.8 Å². The van der Waals surface area contributed by atoms with Gasteiger partial charge in [-0.05, 0) is 5.92 Å². The van der Waals surface area contributed by atoms with Gasteiger partial charge in [0.2, 0.25) is 5.91 Å². The lowest BCUT2D eigenvalue weighted by molar-refractivity contribution is -0.143. The maximum Gasteiger partial charge on any atom is 0.326 e. The highest BCUT2D eigenvalue weighted by Gasteiger charge is 2.24. The molecule has 0 aromatic carbocycles. The van der Waals surface area contributed by atoms with Crippen LogP contribution in [0.1, 0.15) is 31.7 Å². The van der Waals surface area contributed by atoms with Gasteiger partial charge in [0, 0.05) is 24.4 Å². The van der Waals surface area contributed by atoms with Gasteiger partial charge in [0.05, 0.1) is 5.01 Å². The van der Waals surface area contributed by atoms with Crippen LogP contribution < -0.4 is 5.32 Å². The highest BCUT2D eigenvalue weighted by Crippen LogP contribution is 2.10. The first-order valence-electron chi connectivity index (χ1n) is 5.95. The molecule has 0 radical (unpaired) electrons. The topological polar surface area (TPSA) is 79.3 Å². The molecule has 0 spiro atoms. The Kier molecular flexibility index (Phi) is 5.77. The number of carboxylic acids is 1. The summed E-state index contributed by atoms with van der Waals surface area (Å²) >= 11 is 1.49. The number of amides is 1. The van der Waals surface area contributed by atoms with Crippen molar-refractivity contribution in [2.24, 2.45) is 5.92 Å². The summed E-state index contributed by atoms with van der Waals surface area (Å²) in [6, 6.07) is -0.807. The maximum atomic E-state index is 11.7. The average molecular weight is 270 g/mol. The second kappa shape index (κ2) is 7.10. The number of hydrogen-bond donors (Lipinski definition) is 2. The van der Waals surface area contributed by atoms with E-state index in [-0.39, 0.29) is 18.2 Å². The van der Waals surface area contributed by atoms with Crippen LogP contribution in [0.5, 0.6) is 0 Å². The van der Waals surface area contributed by atoms with Crippen molar-refractivity contribution < 1.29 is 14.7 Å². The third-order valence-corrected chi connectivity index (χ3v) is 3.68. The van der Waals surface area contributed by atoms with E-state index in [2.05, 4.69) is 10.3 Å². The minimum atomic E-state index is -0.980. The third-order valence-electron chi connectivity index (χ3n) is 2.84. The molecule has 6 heteroatoms. The van der Waals surface area contributed by atoms with Gasteiger partial charge in [-0.3, -0.25) is 4.79 Å². The van der Waals surface area contributed by atoms with Gasteiger partial charge in [0.15, 0.2) is 0 Å². The lowest BCUT2D eigenvalue weighted by Crippen LogP contribution is -2.45. The van der Waals surface area contributed by atoms with Crippen LogP contribution in [0.15, 0.2) is 11.6 Å². The molecule has 1 aromatic rings. The highest BCUT2D eigenvalue weighted by atomic mass is 32.1. The molecule has 0 aliphatic carbocycles. The number of carbonyl (C=O) groups excluding carboxylic acids is 1. The predicted molar refractivity (Wildman–Crippen MR) is 69.5 cm³/mol. The van der Waals surface area contributed by atoms with Crippen molar-refractivity contribution >= 4 is 23.2 Å². The highest BCUT2D eigenvalue weighted by molar-refractivity contribution is 7.09. The monoisotopic (exact) mass is 270 g/mol. The number of carbonyl (C=O) groups is 2. The lowest BCUT2D eigenvalue weighted by Gasteiger charge is -2.19. The van der Waals surface area contributed by atoms with Crippen LogP contribution in [0.4, 0.5) is 0 Å². The number of hydrogen-bond acceptors (Lipinski definition) is 4. The molecule has 0 aliphatic heterocycles. The Hall–Kier alpha value is -1.43. The van der Waals surface area contributed by atoms with Crippen molar-refractivity contribution in [2.75, 3.05) is 0 Å². The molecule has 0 unspecified atom stereocenters. The largest absolute Gasteiger partial charge is 0.480 e. The molecule has 0 aliphatic rings. The summed E-state index contributed by atoms with van der Waals surface area (Å²) in [4.78, 5) is 26.8. The van der Waals surface area contributed by atoms with Gasteiger partial charge < -0.3 is 10.4 Å². The van der Waals surface area contributed by atoms with E-state index in [1.807, 2.05) is 19.2 Å². The molecular formula is C12H18N2O3S. The van der Waals surface area contributed by atoms with E-state index >= 15 is 0 Å². The minimum absolute atomic E-state index is 0.0775. The molecule has 5 nitrogen and oxygen atoms in total. The Morgan fingerprint density at radius 3 is 2.78 bits per heavy atom. The Morgan fingerprint density at radius 1 is 1.56 bits per heavy atom. The smallest absolute Gasteiger partial charge is 0.326 e. The number of nitrogens with zero attached hydrogens (tertiary/aromatic N) is 1. The number of carboxylic acid groups (broad SMARTS) is 1. The van der Waals surface area contributed by atoms with Crippen LogP contribution in [0, 0.1) is 5.92 Å². The number of aliphatic carboxylic acids is 1. The van der Waals surface area contributed by atoms with Gasteiger partial charge in [-0.1, -0.05) is 20.3 Å². The zero-order valence-electron chi connectivity index (χ0n) is 10.5. The first kappa shape index (κ1) is 14.6. The van der Waals surface area contributed by atoms with Crippen LogP contribution in [-0.2, 0) is 16.0 Å². The van der Waals surface area contributed by atoms with Crippen molar-refractivity contribution in [1.29, 1.82) is 0 Å². The summed E-state index contributed by atoms with van der Waals surface area (Å²) in [5.41, 5.74) is 0. The number of rotatable bonds is 7. The fraction of sp³-hybridized carbons (Fsp3) is 0.583. The summed E-state index contributed by atoms with van der Waals surface area (Å²) in [6.45, 7) is 3.72. The Bertz CT molecular complexity index is 392. The maximum absolute atomic E-state index is 11.7. The van der Waals surface area contributed by atoms with Gasteiger partial charge >= 0.3 is 5.97 Å². The van der Waals surface area contributed by atoms with E-state index in [1.165, 1.54) is 11.3 Å². The average Bonchev–Trinajstić information content (AvgIpc) is 2.85. The molecule has 2 atom stereocenters. The molecule has 2 N–H and O–H groups in total. The van der Waals surface area contributed by atoms with Crippen molar-refractivity contribution in [1.82, 2.24) is 10.3 Å². The molecule has 0 bridgehead atoms. The zero-order chi connectivity index (χ0) is 13.5. The van der Waals surface area contributed by atoms with E-state index < -0.39 is 12.0 Å². The van der Waals surface area contributed by atoms with Crippen LogP contribution in [0.25, 0.3) is 0 Å². The zero-order valence-corrected chi connectivity index (χ0v) is 11.4. The van der Waals surface area contributed by atoms with Crippen LogP contribution in [-0.4, -0.2) is 28.0 Å². The fourth-order valence-corrected chi connectivity index (χ4v) is 2.15. The van der Waals surface area contributed by atoms with Gasteiger partial charge in [0.1, 0.15) is 6.04 Å². The summed E-state index contributed by atoms with van der Waals surface area (Å²) in [5, 5.41) is 14.4. The van der Waals surface area contributed by atoms with Crippen LogP contribution in [0.3, 0.4) is 0 Å². The van der Waals surface area contributed by atoms with Gasteiger partial charge in [-0.2, -0.15) is 0 Å². The minimum Gasteiger partial charge on any atom is -0.480 e. The first-order valence-corrected chi connectivity index (χ1v) is 6.83. The first-order chi connectivity index (χ1) is 8.54. The second-order valence-electron chi connectivity index (χ2n) is 4.19. The molecule has 0 saturated carbocycles. The van der Waals surface area contributed by atoms with Crippen molar-refractivity contribution in [3.63, 3.8) is 0 Å². The van der Waals surface area contributed by atoms with Crippen molar-refractivity contribution in [2.45, 2.75) is 39.2 Å². The molecule has 0 saturated heterocycles. The molecule has 1 heterocycles. The molecular weight excluding hydrogens is 252 g/mol. The lowest BCUT2D eigenvalue weighted by atomic mass is 9.99. The van der Waals surface area contributed by atoms with Gasteiger partial charge in [-0.25, -0.2) is 9.78 Å². The number of aryl methyl sites for hydroxylation is 1. The Balaban J connectivity index is 2.44.